The molecule has 2 saturated heterocycles. The Bertz CT molecular complexity index is 869. The van der Waals surface area contributed by atoms with Gasteiger partial charge in [-0.2, -0.15) is 20.1 Å². The van der Waals surface area contributed by atoms with Gasteiger partial charge >= 0.3 is 0 Å². The SMILES string of the molecule is CC(C)Oc1ccccc1/C=N\N(C)c1nc(N2CCCCC2)nc(N2CCCCC2)n1. The van der Waals surface area contributed by atoms with Gasteiger partial charge in [0.25, 0.3) is 5.95 Å². The van der Waals surface area contributed by atoms with Crippen molar-refractivity contribution in [1.29, 1.82) is 0 Å². The highest BCUT2D eigenvalue weighted by molar-refractivity contribution is 5.84. The van der Waals surface area contributed by atoms with Crippen LogP contribution in [0, 0.1) is 0 Å². The van der Waals surface area contributed by atoms with Crippen LogP contribution in [0.1, 0.15) is 57.9 Å². The lowest BCUT2D eigenvalue weighted by molar-refractivity contribution is 0.242. The van der Waals surface area contributed by atoms with Crippen molar-refractivity contribution < 1.29 is 4.74 Å². The number of rotatable bonds is 7. The Morgan fingerprint density at radius 1 is 0.875 bits per heavy atom. The van der Waals surface area contributed by atoms with Gasteiger partial charge in [-0.05, 0) is 64.5 Å². The van der Waals surface area contributed by atoms with E-state index in [4.69, 9.17) is 19.7 Å². The van der Waals surface area contributed by atoms with E-state index in [1.807, 2.05) is 51.4 Å². The Balaban J connectivity index is 1.60. The van der Waals surface area contributed by atoms with Gasteiger partial charge < -0.3 is 14.5 Å². The monoisotopic (exact) mass is 437 g/mol. The van der Waals surface area contributed by atoms with Crippen molar-refractivity contribution in [3.8, 4) is 5.75 Å². The third-order valence-electron chi connectivity index (χ3n) is 5.82. The van der Waals surface area contributed by atoms with Gasteiger partial charge in [0.15, 0.2) is 0 Å². The Hall–Kier alpha value is -2.90. The first kappa shape index (κ1) is 22.3. The quantitative estimate of drug-likeness (QED) is 0.477. The number of ether oxygens (including phenoxy) is 1. The maximum atomic E-state index is 5.92. The first-order chi connectivity index (χ1) is 15.6. The summed E-state index contributed by atoms with van der Waals surface area (Å²) in [6.07, 6.45) is 9.18. The van der Waals surface area contributed by atoms with Crippen molar-refractivity contribution in [3.63, 3.8) is 0 Å². The summed E-state index contributed by atoms with van der Waals surface area (Å²) in [6, 6.07) is 7.93. The number of anilines is 3. The lowest BCUT2D eigenvalue weighted by Gasteiger charge is -2.30. The lowest BCUT2D eigenvalue weighted by atomic mass is 10.1. The third-order valence-corrected chi connectivity index (χ3v) is 5.82. The van der Waals surface area contributed by atoms with Crippen molar-refractivity contribution >= 4 is 24.1 Å². The fourth-order valence-electron chi connectivity index (χ4n) is 4.11. The topological polar surface area (TPSA) is 70.0 Å². The maximum absolute atomic E-state index is 5.92. The minimum atomic E-state index is 0.102. The Kier molecular flexibility index (Phi) is 7.39. The van der Waals surface area contributed by atoms with Gasteiger partial charge in [0.1, 0.15) is 5.75 Å². The van der Waals surface area contributed by atoms with Gasteiger partial charge in [-0.1, -0.05) is 12.1 Å². The zero-order valence-corrected chi connectivity index (χ0v) is 19.6. The number of piperidine rings is 2. The summed E-state index contributed by atoms with van der Waals surface area (Å²) in [5, 5.41) is 6.37. The van der Waals surface area contributed by atoms with Gasteiger partial charge in [-0.25, -0.2) is 5.01 Å². The molecule has 0 aliphatic carbocycles. The number of hydrogen-bond donors (Lipinski definition) is 0. The van der Waals surface area contributed by atoms with Crippen molar-refractivity contribution in [3.05, 3.63) is 29.8 Å². The molecular weight excluding hydrogens is 402 g/mol. The number of hydrogen-bond acceptors (Lipinski definition) is 8. The van der Waals surface area contributed by atoms with E-state index in [1.54, 1.807) is 5.01 Å². The first-order valence-corrected chi connectivity index (χ1v) is 11.9. The fourth-order valence-corrected chi connectivity index (χ4v) is 4.11. The predicted molar refractivity (Wildman–Crippen MR) is 130 cm³/mol. The molecule has 0 spiro atoms. The highest BCUT2D eigenvalue weighted by Gasteiger charge is 2.21. The van der Waals surface area contributed by atoms with Gasteiger partial charge in [0.05, 0.1) is 12.3 Å². The Morgan fingerprint density at radius 3 is 2.00 bits per heavy atom. The molecule has 1 aromatic carbocycles. The van der Waals surface area contributed by atoms with E-state index in [0.717, 1.165) is 49.4 Å². The van der Waals surface area contributed by atoms with E-state index < -0.39 is 0 Å². The van der Waals surface area contributed by atoms with E-state index in [9.17, 15) is 0 Å². The summed E-state index contributed by atoms with van der Waals surface area (Å²) < 4.78 is 5.92. The molecule has 0 unspecified atom stereocenters. The first-order valence-electron chi connectivity index (χ1n) is 11.9. The molecule has 0 amide bonds. The summed E-state index contributed by atoms with van der Waals surface area (Å²) >= 11 is 0. The summed E-state index contributed by atoms with van der Waals surface area (Å²) in [7, 11) is 1.89. The maximum Gasteiger partial charge on any atom is 0.252 e. The second kappa shape index (κ2) is 10.6. The summed E-state index contributed by atoms with van der Waals surface area (Å²) in [6.45, 7) is 8.03. The molecular formula is C24H35N7O. The standard InChI is InChI=1S/C24H35N7O/c1-19(2)32-21-13-7-6-12-20(21)18-25-29(3)22-26-23(30-14-8-4-9-15-30)28-24(27-22)31-16-10-5-11-17-31/h6-7,12-13,18-19H,4-5,8-11,14-17H2,1-3H3/b25-18-. The molecule has 0 N–H and O–H groups in total. The van der Waals surface area contributed by atoms with Crippen LogP contribution in [0.25, 0.3) is 0 Å². The minimum absolute atomic E-state index is 0.102. The predicted octanol–water partition coefficient (Wildman–Crippen LogP) is 4.11. The van der Waals surface area contributed by atoms with E-state index in [1.165, 1.54) is 38.5 Å². The second-order valence-electron chi connectivity index (χ2n) is 8.80. The van der Waals surface area contributed by atoms with Crippen molar-refractivity contribution in [2.75, 3.05) is 48.0 Å². The van der Waals surface area contributed by atoms with Crippen LogP contribution in [0.3, 0.4) is 0 Å². The molecule has 0 bridgehead atoms. The Morgan fingerprint density at radius 2 is 1.44 bits per heavy atom. The second-order valence-corrected chi connectivity index (χ2v) is 8.80. The molecule has 2 fully saturated rings. The largest absolute Gasteiger partial charge is 0.490 e. The van der Waals surface area contributed by atoms with Crippen LogP contribution in [0.4, 0.5) is 17.8 Å². The Labute approximate surface area is 191 Å². The average Bonchev–Trinajstić information content (AvgIpc) is 2.84. The molecule has 2 aliphatic heterocycles. The van der Waals surface area contributed by atoms with Crippen LogP contribution in [-0.2, 0) is 0 Å². The van der Waals surface area contributed by atoms with Crippen LogP contribution in [0.5, 0.6) is 5.75 Å². The number of para-hydroxylation sites is 1. The van der Waals surface area contributed by atoms with Gasteiger partial charge in [0, 0.05) is 38.8 Å². The highest BCUT2D eigenvalue weighted by atomic mass is 16.5. The summed E-state index contributed by atoms with van der Waals surface area (Å²) in [5.74, 6) is 2.92. The van der Waals surface area contributed by atoms with E-state index >= 15 is 0 Å². The van der Waals surface area contributed by atoms with Gasteiger partial charge in [-0.3, -0.25) is 0 Å². The number of benzene rings is 1. The number of hydrazone groups is 1. The summed E-state index contributed by atoms with van der Waals surface area (Å²) in [5.41, 5.74) is 0.926. The van der Waals surface area contributed by atoms with Crippen LogP contribution >= 0.6 is 0 Å². The van der Waals surface area contributed by atoms with Gasteiger partial charge in [0.2, 0.25) is 11.9 Å². The van der Waals surface area contributed by atoms with E-state index in [0.29, 0.717) is 5.95 Å². The molecule has 1 aromatic heterocycles. The molecule has 2 aliphatic rings. The normalized spacial score (nSPS) is 17.2. The molecule has 0 saturated carbocycles. The highest BCUT2D eigenvalue weighted by Crippen LogP contribution is 2.24. The van der Waals surface area contributed by atoms with Gasteiger partial charge in [-0.15, -0.1) is 0 Å². The molecule has 3 heterocycles. The van der Waals surface area contributed by atoms with Crippen LogP contribution in [0.2, 0.25) is 0 Å². The number of aromatic nitrogens is 3. The van der Waals surface area contributed by atoms with Crippen LogP contribution in [0.15, 0.2) is 29.4 Å². The van der Waals surface area contributed by atoms with E-state index in [-0.39, 0.29) is 6.10 Å². The molecule has 32 heavy (non-hydrogen) atoms. The van der Waals surface area contributed by atoms with Crippen molar-refractivity contribution in [2.24, 2.45) is 5.10 Å². The molecule has 0 atom stereocenters. The fraction of sp³-hybridized carbons (Fsp3) is 0.583. The van der Waals surface area contributed by atoms with Crippen molar-refractivity contribution in [2.45, 2.75) is 58.5 Å². The molecule has 172 valence electrons. The number of nitrogens with zero attached hydrogens (tertiary/aromatic N) is 7. The molecule has 2 aromatic rings. The lowest BCUT2D eigenvalue weighted by Crippen LogP contribution is -2.35. The minimum Gasteiger partial charge on any atom is -0.490 e. The van der Waals surface area contributed by atoms with Crippen LogP contribution < -0.4 is 19.5 Å². The molecule has 0 radical (unpaired) electrons. The zero-order chi connectivity index (χ0) is 22.3. The molecule has 8 heteroatoms. The molecule has 8 nitrogen and oxygen atoms in total. The third kappa shape index (κ3) is 5.66. The molecule has 4 rings (SSSR count). The smallest absolute Gasteiger partial charge is 0.252 e. The average molecular weight is 438 g/mol. The van der Waals surface area contributed by atoms with E-state index in [2.05, 4.69) is 14.9 Å². The zero-order valence-electron chi connectivity index (χ0n) is 19.6. The van der Waals surface area contributed by atoms with Crippen LogP contribution in [-0.4, -0.2) is 60.5 Å². The van der Waals surface area contributed by atoms with Crippen molar-refractivity contribution in [1.82, 2.24) is 15.0 Å². The summed E-state index contributed by atoms with van der Waals surface area (Å²) in [4.78, 5) is 19.0.